The highest BCUT2D eigenvalue weighted by Gasteiger charge is 2.34. The Morgan fingerprint density at radius 3 is 2.89 bits per heavy atom. The van der Waals surface area contributed by atoms with Crippen LogP contribution in [0.2, 0.25) is 0 Å². The first-order valence-electron chi connectivity index (χ1n) is 9.71. The SMILES string of the molecule is CCC1C(N2CCC[C@@H]2COc2cccc(N)c2C#N)=Cc2ccccc21. The Labute approximate surface area is 160 Å². The number of benzene rings is 2. The van der Waals surface area contributed by atoms with Crippen molar-refractivity contribution in [2.45, 2.75) is 38.1 Å². The molecular weight excluding hydrogens is 334 g/mol. The van der Waals surface area contributed by atoms with Crippen molar-refractivity contribution in [3.8, 4) is 11.8 Å². The van der Waals surface area contributed by atoms with Gasteiger partial charge in [-0.1, -0.05) is 37.3 Å². The number of nitrogens with zero attached hydrogens (tertiary/aromatic N) is 2. The van der Waals surface area contributed by atoms with E-state index < -0.39 is 0 Å². The van der Waals surface area contributed by atoms with E-state index in [2.05, 4.69) is 48.2 Å². The maximum absolute atomic E-state index is 9.35. The van der Waals surface area contributed by atoms with Crippen LogP contribution in [0.4, 0.5) is 5.69 Å². The summed E-state index contributed by atoms with van der Waals surface area (Å²) in [5.41, 5.74) is 11.0. The highest BCUT2D eigenvalue weighted by molar-refractivity contribution is 5.66. The summed E-state index contributed by atoms with van der Waals surface area (Å²) in [5, 5.41) is 9.35. The molecule has 2 aromatic carbocycles. The molecular formula is C23H25N3O. The Hall–Kier alpha value is -2.93. The van der Waals surface area contributed by atoms with E-state index in [9.17, 15) is 5.26 Å². The predicted octanol–water partition coefficient (Wildman–Crippen LogP) is 4.53. The summed E-state index contributed by atoms with van der Waals surface area (Å²) < 4.78 is 6.06. The molecule has 0 spiro atoms. The van der Waals surface area contributed by atoms with Gasteiger partial charge in [-0.2, -0.15) is 5.26 Å². The second kappa shape index (κ2) is 7.36. The molecule has 0 amide bonds. The number of nitrogen functional groups attached to an aromatic ring is 1. The maximum atomic E-state index is 9.35. The Bertz CT molecular complexity index is 912. The lowest BCUT2D eigenvalue weighted by atomic mass is 9.96. The Kier molecular flexibility index (Phi) is 4.77. The molecule has 2 atom stereocenters. The van der Waals surface area contributed by atoms with Gasteiger partial charge in [-0.15, -0.1) is 0 Å². The quantitative estimate of drug-likeness (QED) is 0.797. The molecule has 1 fully saturated rings. The smallest absolute Gasteiger partial charge is 0.139 e. The molecule has 4 heteroatoms. The minimum absolute atomic E-state index is 0.326. The topological polar surface area (TPSA) is 62.3 Å². The second-order valence-corrected chi connectivity index (χ2v) is 7.29. The van der Waals surface area contributed by atoms with Crippen LogP contribution >= 0.6 is 0 Å². The molecule has 1 saturated heterocycles. The first-order chi connectivity index (χ1) is 13.2. The number of likely N-dealkylation sites (tertiary alicyclic amines) is 1. The highest BCUT2D eigenvalue weighted by atomic mass is 16.5. The van der Waals surface area contributed by atoms with Gasteiger partial charge in [0.25, 0.3) is 0 Å². The van der Waals surface area contributed by atoms with Gasteiger partial charge in [0.1, 0.15) is 24.0 Å². The summed E-state index contributed by atoms with van der Waals surface area (Å²) >= 11 is 0. The third kappa shape index (κ3) is 3.14. The van der Waals surface area contributed by atoms with Crippen molar-refractivity contribution in [1.29, 1.82) is 5.26 Å². The zero-order chi connectivity index (χ0) is 18.8. The van der Waals surface area contributed by atoms with Crippen LogP contribution in [0.25, 0.3) is 6.08 Å². The lowest BCUT2D eigenvalue weighted by Gasteiger charge is -2.31. The average Bonchev–Trinajstić information content (AvgIpc) is 3.29. The number of hydrogen-bond acceptors (Lipinski definition) is 4. The summed E-state index contributed by atoms with van der Waals surface area (Å²) in [6.07, 6.45) is 5.72. The molecule has 0 saturated carbocycles. The van der Waals surface area contributed by atoms with E-state index in [1.165, 1.54) is 23.2 Å². The average molecular weight is 359 g/mol. The molecule has 2 aromatic rings. The van der Waals surface area contributed by atoms with Crippen LogP contribution in [0.15, 0.2) is 48.2 Å². The summed E-state index contributed by atoms with van der Waals surface area (Å²) in [5.74, 6) is 1.05. The van der Waals surface area contributed by atoms with E-state index in [4.69, 9.17) is 10.5 Å². The van der Waals surface area contributed by atoms with Crippen LogP contribution in [0.5, 0.6) is 5.75 Å². The Morgan fingerprint density at radius 1 is 1.22 bits per heavy atom. The van der Waals surface area contributed by atoms with Crippen LogP contribution in [-0.2, 0) is 0 Å². The molecule has 0 bridgehead atoms. The van der Waals surface area contributed by atoms with Gasteiger partial charge in [0.05, 0.1) is 11.7 Å². The number of nitrogens with two attached hydrogens (primary N) is 1. The zero-order valence-electron chi connectivity index (χ0n) is 15.7. The van der Waals surface area contributed by atoms with Crippen molar-refractivity contribution in [3.63, 3.8) is 0 Å². The molecule has 2 N–H and O–H groups in total. The van der Waals surface area contributed by atoms with Crippen molar-refractivity contribution in [1.82, 2.24) is 4.90 Å². The summed E-state index contributed by atoms with van der Waals surface area (Å²) in [4.78, 5) is 2.52. The Morgan fingerprint density at radius 2 is 2.07 bits per heavy atom. The van der Waals surface area contributed by atoms with E-state index in [0.29, 0.717) is 35.6 Å². The lowest BCUT2D eigenvalue weighted by molar-refractivity contribution is 0.197. The first-order valence-corrected chi connectivity index (χ1v) is 9.71. The van der Waals surface area contributed by atoms with Gasteiger partial charge in [-0.05, 0) is 48.6 Å². The molecule has 1 heterocycles. The number of ether oxygens (including phenoxy) is 1. The highest BCUT2D eigenvalue weighted by Crippen LogP contribution is 2.42. The number of anilines is 1. The van der Waals surface area contributed by atoms with E-state index in [-0.39, 0.29) is 0 Å². The fraction of sp³-hybridized carbons (Fsp3) is 0.348. The molecule has 27 heavy (non-hydrogen) atoms. The number of nitriles is 1. The van der Waals surface area contributed by atoms with Crippen molar-refractivity contribution in [2.24, 2.45) is 0 Å². The molecule has 0 radical (unpaired) electrons. The first kappa shape index (κ1) is 17.5. The van der Waals surface area contributed by atoms with Gasteiger partial charge in [-0.25, -0.2) is 0 Å². The van der Waals surface area contributed by atoms with E-state index in [0.717, 1.165) is 19.4 Å². The van der Waals surface area contributed by atoms with E-state index in [1.54, 1.807) is 6.07 Å². The zero-order valence-corrected chi connectivity index (χ0v) is 15.7. The van der Waals surface area contributed by atoms with Crippen molar-refractivity contribution < 1.29 is 4.74 Å². The van der Waals surface area contributed by atoms with E-state index in [1.807, 2.05) is 12.1 Å². The third-order valence-corrected chi connectivity index (χ3v) is 5.75. The summed E-state index contributed by atoms with van der Waals surface area (Å²) in [6.45, 7) is 3.89. The maximum Gasteiger partial charge on any atom is 0.139 e. The van der Waals surface area contributed by atoms with Gasteiger partial charge in [0.2, 0.25) is 0 Å². The van der Waals surface area contributed by atoms with Crippen LogP contribution in [0.3, 0.4) is 0 Å². The van der Waals surface area contributed by atoms with Crippen molar-refractivity contribution in [2.75, 3.05) is 18.9 Å². The van der Waals surface area contributed by atoms with Crippen LogP contribution < -0.4 is 10.5 Å². The number of hydrogen-bond donors (Lipinski definition) is 1. The molecule has 0 aromatic heterocycles. The van der Waals surface area contributed by atoms with Crippen LogP contribution in [-0.4, -0.2) is 24.1 Å². The van der Waals surface area contributed by atoms with Crippen LogP contribution in [0, 0.1) is 11.3 Å². The van der Waals surface area contributed by atoms with Gasteiger partial charge < -0.3 is 15.4 Å². The fourth-order valence-electron chi connectivity index (χ4n) is 4.41. The van der Waals surface area contributed by atoms with Gasteiger partial charge in [-0.3, -0.25) is 0 Å². The predicted molar refractivity (Wildman–Crippen MR) is 108 cm³/mol. The number of rotatable bonds is 5. The molecule has 1 aliphatic carbocycles. The Balaban J connectivity index is 1.53. The molecule has 4 rings (SSSR count). The standard InChI is InChI=1S/C23H25N3O/c1-2-18-19-9-4-3-7-16(19)13-22(18)26-12-6-8-17(26)15-27-23-11-5-10-21(25)20(23)14-24/h3-5,7,9-11,13,17-18H,2,6,8,12,15,25H2,1H3/t17-,18?/m1/s1. The van der Waals surface area contributed by atoms with Gasteiger partial charge >= 0.3 is 0 Å². The molecule has 138 valence electrons. The molecule has 4 nitrogen and oxygen atoms in total. The minimum atomic E-state index is 0.326. The minimum Gasteiger partial charge on any atom is -0.490 e. The summed E-state index contributed by atoms with van der Waals surface area (Å²) in [6, 6.07) is 16.6. The van der Waals surface area contributed by atoms with Crippen molar-refractivity contribution >= 4 is 11.8 Å². The summed E-state index contributed by atoms with van der Waals surface area (Å²) in [7, 11) is 0. The molecule has 1 unspecified atom stereocenters. The van der Waals surface area contributed by atoms with Crippen LogP contribution in [0.1, 0.15) is 48.8 Å². The second-order valence-electron chi connectivity index (χ2n) is 7.29. The molecule has 1 aliphatic heterocycles. The largest absolute Gasteiger partial charge is 0.490 e. The number of allylic oxidation sites excluding steroid dienone is 1. The lowest BCUT2D eigenvalue weighted by Crippen LogP contribution is -2.34. The van der Waals surface area contributed by atoms with Crippen molar-refractivity contribution in [3.05, 3.63) is 64.9 Å². The van der Waals surface area contributed by atoms with Gasteiger partial charge in [0, 0.05) is 18.2 Å². The monoisotopic (exact) mass is 359 g/mol. The van der Waals surface area contributed by atoms with Gasteiger partial charge in [0.15, 0.2) is 0 Å². The third-order valence-electron chi connectivity index (χ3n) is 5.75. The number of fused-ring (bicyclic) bond motifs is 1. The fourth-order valence-corrected chi connectivity index (χ4v) is 4.41. The molecule has 2 aliphatic rings. The normalized spacial score (nSPS) is 20.9. The van der Waals surface area contributed by atoms with E-state index >= 15 is 0 Å².